The Morgan fingerprint density at radius 3 is 1.94 bits per heavy atom. The van der Waals surface area contributed by atoms with E-state index in [1.807, 2.05) is 23.5 Å². The van der Waals surface area contributed by atoms with Crippen LogP contribution >= 0.6 is 23.5 Å². The number of hydrogen-bond acceptors (Lipinski definition) is 5. The number of rotatable bonds is 4. The van der Waals surface area contributed by atoms with Gasteiger partial charge in [0.1, 0.15) is 0 Å². The van der Waals surface area contributed by atoms with Gasteiger partial charge in [0.15, 0.2) is 11.5 Å². The molecular formula is C13H18O3S2. The van der Waals surface area contributed by atoms with Crippen molar-refractivity contribution in [3.63, 3.8) is 0 Å². The molecule has 0 saturated carbocycles. The van der Waals surface area contributed by atoms with Gasteiger partial charge in [-0.05, 0) is 35.6 Å². The van der Waals surface area contributed by atoms with Crippen molar-refractivity contribution in [2.75, 3.05) is 32.8 Å². The highest BCUT2D eigenvalue weighted by molar-refractivity contribution is 8.16. The molecule has 0 N–H and O–H groups in total. The minimum absolute atomic E-state index is 0.465. The van der Waals surface area contributed by atoms with Gasteiger partial charge in [0.2, 0.25) is 5.75 Å². The van der Waals surface area contributed by atoms with Gasteiger partial charge in [0.05, 0.1) is 25.9 Å². The number of thioether (sulfide) groups is 2. The molecule has 3 nitrogen and oxygen atoms in total. The van der Waals surface area contributed by atoms with Gasteiger partial charge in [-0.3, -0.25) is 0 Å². The first-order chi connectivity index (χ1) is 8.80. The summed E-state index contributed by atoms with van der Waals surface area (Å²) in [6.45, 7) is 0. The standard InChI is InChI=1S/C13H18O3S2/c1-14-10-7-9(13-17-5-4-6-18-13)8-11(15-2)12(10)16-3/h7-8,13H,4-6H2,1-3H3. The van der Waals surface area contributed by atoms with Crippen LogP contribution in [0.3, 0.4) is 0 Å². The summed E-state index contributed by atoms with van der Waals surface area (Å²) in [7, 11) is 4.94. The Hall–Kier alpha value is -0.680. The van der Waals surface area contributed by atoms with Crippen LogP contribution in [-0.2, 0) is 0 Å². The SMILES string of the molecule is COc1cc(C2SCCCS2)cc(OC)c1OC. The van der Waals surface area contributed by atoms with E-state index in [1.54, 1.807) is 21.3 Å². The average Bonchev–Trinajstić information content (AvgIpc) is 2.46. The molecule has 2 rings (SSSR count). The first kappa shape index (κ1) is 13.7. The molecule has 0 radical (unpaired) electrons. The third-order valence-electron chi connectivity index (χ3n) is 2.79. The first-order valence-corrected chi connectivity index (χ1v) is 7.93. The molecular weight excluding hydrogens is 268 g/mol. The zero-order valence-electron chi connectivity index (χ0n) is 10.9. The lowest BCUT2D eigenvalue weighted by Crippen LogP contribution is -2.02. The van der Waals surface area contributed by atoms with Crippen molar-refractivity contribution in [2.45, 2.75) is 11.0 Å². The third-order valence-corrected chi connectivity index (χ3v) is 5.80. The molecule has 1 fully saturated rings. The van der Waals surface area contributed by atoms with E-state index in [4.69, 9.17) is 14.2 Å². The van der Waals surface area contributed by atoms with Gasteiger partial charge < -0.3 is 14.2 Å². The smallest absolute Gasteiger partial charge is 0.203 e. The molecule has 5 heteroatoms. The van der Waals surface area contributed by atoms with E-state index in [1.165, 1.54) is 23.5 Å². The van der Waals surface area contributed by atoms with E-state index in [0.29, 0.717) is 10.3 Å². The van der Waals surface area contributed by atoms with Crippen molar-refractivity contribution in [1.82, 2.24) is 0 Å². The molecule has 1 aliphatic heterocycles. The normalized spacial score (nSPS) is 16.4. The molecule has 0 aliphatic carbocycles. The maximum absolute atomic E-state index is 5.39. The Bertz CT molecular complexity index is 378. The molecule has 100 valence electrons. The second kappa shape index (κ2) is 6.48. The van der Waals surface area contributed by atoms with Crippen molar-refractivity contribution < 1.29 is 14.2 Å². The lowest BCUT2D eigenvalue weighted by molar-refractivity contribution is 0.324. The molecule has 1 aromatic rings. The maximum atomic E-state index is 5.39. The highest BCUT2D eigenvalue weighted by Gasteiger charge is 2.21. The summed E-state index contributed by atoms with van der Waals surface area (Å²) in [4.78, 5) is 0. The van der Waals surface area contributed by atoms with Crippen molar-refractivity contribution >= 4 is 23.5 Å². The van der Waals surface area contributed by atoms with E-state index >= 15 is 0 Å². The summed E-state index contributed by atoms with van der Waals surface area (Å²) >= 11 is 3.96. The zero-order chi connectivity index (χ0) is 13.0. The van der Waals surface area contributed by atoms with Crippen molar-refractivity contribution in [1.29, 1.82) is 0 Å². The molecule has 1 saturated heterocycles. The van der Waals surface area contributed by atoms with Crippen LogP contribution in [-0.4, -0.2) is 32.8 Å². The van der Waals surface area contributed by atoms with Gasteiger partial charge in [0.25, 0.3) is 0 Å². The third kappa shape index (κ3) is 2.83. The predicted octanol–water partition coefficient (Wildman–Crippen LogP) is 3.58. The number of methoxy groups -OCH3 is 3. The Morgan fingerprint density at radius 2 is 1.50 bits per heavy atom. The molecule has 0 amide bonds. The summed E-state index contributed by atoms with van der Waals surface area (Å²) in [6.07, 6.45) is 1.29. The van der Waals surface area contributed by atoms with E-state index in [0.717, 1.165) is 11.5 Å². The number of benzene rings is 1. The van der Waals surface area contributed by atoms with Crippen LogP contribution in [0.5, 0.6) is 17.2 Å². The lowest BCUT2D eigenvalue weighted by atomic mass is 10.2. The number of hydrogen-bond donors (Lipinski definition) is 0. The van der Waals surface area contributed by atoms with Gasteiger partial charge in [-0.15, -0.1) is 23.5 Å². The largest absolute Gasteiger partial charge is 0.493 e. The Kier molecular flexibility index (Phi) is 4.95. The zero-order valence-corrected chi connectivity index (χ0v) is 12.5. The quantitative estimate of drug-likeness (QED) is 0.843. The lowest BCUT2D eigenvalue weighted by Gasteiger charge is -2.23. The molecule has 18 heavy (non-hydrogen) atoms. The molecule has 0 spiro atoms. The van der Waals surface area contributed by atoms with E-state index in [9.17, 15) is 0 Å². The Morgan fingerprint density at radius 1 is 0.944 bits per heavy atom. The Labute approximate surface area is 117 Å². The fraction of sp³-hybridized carbons (Fsp3) is 0.538. The second-order valence-corrected chi connectivity index (χ2v) is 6.61. The van der Waals surface area contributed by atoms with Gasteiger partial charge in [-0.2, -0.15) is 0 Å². The molecule has 1 aliphatic rings. The number of ether oxygens (including phenoxy) is 3. The second-order valence-electron chi connectivity index (χ2n) is 3.89. The van der Waals surface area contributed by atoms with Gasteiger partial charge in [0, 0.05) is 0 Å². The van der Waals surface area contributed by atoms with Gasteiger partial charge in [-0.25, -0.2) is 0 Å². The fourth-order valence-corrected chi connectivity index (χ4v) is 4.77. The van der Waals surface area contributed by atoms with Crippen LogP contribution in [0.4, 0.5) is 0 Å². The first-order valence-electron chi connectivity index (χ1n) is 5.83. The minimum atomic E-state index is 0.465. The molecule has 0 bridgehead atoms. The fourth-order valence-electron chi connectivity index (χ4n) is 1.92. The summed E-state index contributed by atoms with van der Waals surface area (Å²) in [5, 5.41) is 0. The monoisotopic (exact) mass is 286 g/mol. The van der Waals surface area contributed by atoms with Crippen LogP contribution in [0.1, 0.15) is 16.6 Å². The predicted molar refractivity (Wildman–Crippen MR) is 78.4 cm³/mol. The minimum Gasteiger partial charge on any atom is -0.493 e. The van der Waals surface area contributed by atoms with Crippen molar-refractivity contribution in [2.24, 2.45) is 0 Å². The highest BCUT2D eigenvalue weighted by Crippen LogP contribution is 2.48. The van der Waals surface area contributed by atoms with Crippen LogP contribution in [0.15, 0.2) is 12.1 Å². The van der Waals surface area contributed by atoms with E-state index in [-0.39, 0.29) is 0 Å². The van der Waals surface area contributed by atoms with Crippen LogP contribution in [0, 0.1) is 0 Å². The van der Waals surface area contributed by atoms with Crippen molar-refractivity contribution in [3.05, 3.63) is 17.7 Å². The molecule has 0 unspecified atom stereocenters. The van der Waals surface area contributed by atoms with Gasteiger partial charge in [-0.1, -0.05) is 0 Å². The van der Waals surface area contributed by atoms with E-state index in [2.05, 4.69) is 12.1 Å². The summed E-state index contributed by atoms with van der Waals surface area (Å²) < 4.78 is 16.6. The molecule has 0 aromatic heterocycles. The van der Waals surface area contributed by atoms with Crippen LogP contribution < -0.4 is 14.2 Å². The summed E-state index contributed by atoms with van der Waals surface area (Å²) in [5.41, 5.74) is 1.24. The Balaban J connectivity index is 2.35. The van der Waals surface area contributed by atoms with E-state index < -0.39 is 0 Å². The molecule has 1 aromatic carbocycles. The van der Waals surface area contributed by atoms with Gasteiger partial charge >= 0.3 is 0 Å². The topological polar surface area (TPSA) is 27.7 Å². The highest BCUT2D eigenvalue weighted by atomic mass is 32.2. The van der Waals surface area contributed by atoms with Crippen LogP contribution in [0.25, 0.3) is 0 Å². The molecule has 1 heterocycles. The van der Waals surface area contributed by atoms with Crippen LogP contribution in [0.2, 0.25) is 0 Å². The molecule has 0 atom stereocenters. The summed E-state index contributed by atoms with van der Waals surface area (Å²) in [6, 6.07) is 4.11. The summed E-state index contributed by atoms with van der Waals surface area (Å²) in [5.74, 6) is 4.56. The maximum Gasteiger partial charge on any atom is 0.203 e. The average molecular weight is 286 g/mol. The van der Waals surface area contributed by atoms with Crippen molar-refractivity contribution in [3.8, 4) is 17.2 Å².